The second-order valence-corrected chi connectivity index (χ2v) is 6.03. The predicted octanol–water partition coefficient (Wildman–Crippen LogP) is 1.45. The maximum atomic E-state index is 12.7. The second kappa shape index (κ2) is 4.00. The molecule has 2 fully saturated rings. The van der Waals surface area contributed by atoms with Crippen LogP contribution in [0.2, 0.25) is 0 Å². The zero-order valence-corrected chi connectivity index (χ0v) is 12.3. The Kier molecular flexibility index (Phi) is 2.38. The summed E-state index contributed by atoms with van der Waals surface area (Å²) in [5.74, 6) is -0.688. The highest BCUT2D eigenvalue weighted by atomic mass is 16.4. The highest BCUT2D eigenvalue weighted by Crippen LogP contribution is 2.39. The Morgan fingerprint density at radius 1 is 1.23 bits per heavy atom. The molecule has 7 heteroatoms. The number of benzene rings is 1. The van der Waals surface area contributed by atoms with Crippen molar-refractivity contribution in [2.45, 2.75) is 25.3 Å². The van der Waals surface area contributed by atoms with Crippen LogP contribution in [0.25, 0.3) is 11.1 Å². The zero-order valence-electron chi connectivity index (χ0n) is 12.3. The number of carbonyl (C=O) groups excluding carboxylic acids is 2. The number of rotatable bonds is 1. The third-order valence-corrected chi connectivity index (χ3v) is 4.76. The minimum absolute atomic E-state index is 0.215. The number of amides is 3. The molecule has 7 nitrogen and oxygen atoms in total. The molecule has 22 heavy (non-hydrogen) atoms. The predicted molar refractivity (Wildman–Crippen MR) is 78.7 cm³/mol. The maximum Gasteiger partial charge on any atom is 0.419 e. The van der Waals surface area contributed by atoms with Gasteiger partial charge in [-0.15, -0.1) is 0 Å². The summed E-state index contributed by atoms with van der Waals surface area (Å²) in [6.07, 6.45) is 1.52. The van der Waals surface area contributed by atoms with E-state index < -0.39 is 11.3 Å². The molecule has 3 heterocycles. The van der Waals surface area contributed by atoms with Crippen LogP contribution in [0.4, 0.5) is 10.5 Å². The number of carbonyl (C=O) groups is 2. The van der Waals surface area contributed by atoms with Gasteiger partial charge in [0, 0.05) is 19.7 Å². The van der Waals surface area contributed by atoms with Gasteiger partial charge in [-0.2, -0.15) is 0 Å². The summed E-state index contributed by atoms with van der Waals surface area (Å²) >= 11 is 0. The van der Waals surface area contributed by atoms with E-state index in [2.05, 4.69) is 0 Å². The SMILES string of the molecule is Cn1c(=O)oc2cc(N3C(=O)N4CCCC4(C)C3=O)ccc21. The van der Waals surface area contributed by atoms with Crippen LogP contribution in [0, 0.1) is 0 Å². The van der Waals surface area contributed by atoms with Gasteiger partial charge in [0.15, 0.2) is 5.58 Å². The molecule has 114 valence electrons. The summed E-state index contributed by atoms with van der Waals surface area (Å²) in [6.45, 7) is 2.40. The highest BCUT2D eigenvalue weighted by molar-refractivity contribution is 6.23. The third kappa shape index (κ3) is 1.43. The number of anilines is 1. The summed E-state index contributed by atoms with van der Waals surface area (Å²) in [4.78, 5) is 39.6. The van der Waals surface area contributed by atoms with Gasteiger partial charge in [0.25, 0.3) is 5.91 Å². The maximum absolute atomic E-state index is 12.7. The summed E-state index contributed by atoms with van der Waals surface area (Å²) in [5, 5.41) is 0. The first-order valence-electron chi connectivity index (χ1n) is 7.19. The summed E-state index contributed by atoms with van der Waals surface area (Å²) in [5.41, 5.74) is 0.679. The van der Waals surface area contributed by atoms with E-state index in [4.69, 9.17) is 4.42 Å². The van der Waals surface area contributed by atoms with Gasteiger partial charge >= 0.3 is 11.8 Å². The van der Waals surface area contributed by atoms with Crippen LogP contribution in [0.15, 0.2) is 27.4 Å². The first-order chi connectivity index (χ1) is 10.4. The van der Waals surface area contributed by atoms with Gasteiger partial charge < -0.3 is 9.32 Å². The zero-order chi connectivity index (χ0) is 15.6. The number of aromatic nitrogens is 1. The smallest absolute Gasteiger partial charge is 0.408 e. The van der Waals surface area contributed by atoms with E-state index in [1.54, 1.807) is 37.1 Å². The van der Waals surface area contributed by atoms with Crippen LogP contribution in [-0.4, -0.2) is 33.5 Å². The fourth-order valence-electron chi connectivity index (χ4n) is 3.43. The van der Waals surface area contributed by atoms with E-state index in [9.17, 15) is 14.4 Å². The fraction of sp³-hybridized carbons (Fsp3) is 0.400. The van der Waals surface area contributed by atoms with Crippen molar-refractivity contribution in [3.8, 4) is 0 Å². The molecule has 0 radical (unpaired) electrons. The number of hydrogen-bond acceptors (Lipinski definition) is 4. The number of imide groups is 1. The number of hydrogen-bond donors (Lipinski definition) is 0. The Hall–Kier alpha value is -2.57. The van der Waals surface area contributed by atoms with Crippen molar-refractivity contribution in [2.75, 3.05) is 11.4 Å². The number of aryl methyl sites for hydroxylation is 1. The largest absolute Gasteiger partial charge is 0.419 e. The van der Waals surface area contributed by atoms with Crippen LogP contribution >= 0.6 is 0 Å². The molecule has 0 bridgehead atoms. The molecule has 1 aromatic heterocycles. The highest BCUT2D eigenvalue weighted by Gasteiger charge is 2.56. The molecule has 3 amide bonds. The van der Waals surface area contributed by atoms with E-state index in [1.165, 1.54) is 9.47 Å². The van der Waals surface area contributed by atoms with Crippen molar-refractivity contribution >= 4 is 28.7 Å². The normalized spacial score (nSPS) is 24.6. The fourth-order valence-corrected chi connectivity index (χ4v) is 3.43. The Morgan fingerprint density at radius 3 is 2.73 bits per heavy atom. The van der Waals surface area contributed by atoms with Gasteiger partial charge in [0.2, 0.25) is 0 Å². The summed E-state index contributed by atoms with van der Waals surface area (Å²) in [6, 6.07) is 4.61. The molecule has 1 unspecified atom stereocenters. The van der Waals surface area contributed by atoms with Gasteiger partial charge in [-0.25, -0.2) is 14.5 Å². The number of nitrogens with zero attached hydrogens (tertiary/aromatic N) is 3. The van der Waals surface area contributed by atoms with Crippen molar-refractivity contribution in [2.24, 2.45) is 7.05 Å². The number of fused-ring (bicyclic) bond motifs is 2. The van der Waals surface area contributed by atoms with E-state index in [-0.39, 0.29) is 11.9 Å². The Balaban J connectivity index is 1.84. The van der Waals surface area contributed by atoms with Crippen molar-refractivity contribution < 1.29 is 14.0 Å². The quantitative estimate of drug-likeness (QED) is 0.747. The number of oxazole rings is 1. The molecule has 2 aromatic rings. The van der Waals surface area contributed by atoms with Crippen LogP contribution in [-0.2, 0) is 11.8 Å². The van der Waals surface area contributed by atoms with Gasteiger partial charge in [0.05, 0.1) is 11.2 Å². The first-order valence-corrected chi connectivity index (χ1v) is 7.19. The Bertz CT molecular complexity index is 881. The average molecular weight is 301 g/mol. The topological polar surface area (TPSA) is 75.8 Å². The third-order valence-electron chi connectivity index (χ3n) is 4.76. The average Bonchev–Trinajstić information content (AvgIpc) is 3.06. The molecule has 0 N–H and O–H groups in total. The summed E-state index contributed by atoms with van der Waals surface area (Å²) in [7, 11) is 1.61. The summed E-state index contributed by atoms with van der Waals surface area (Å²) < 4.78 is 6.51. The second-order valence-electron chi connectivity index (χ2n) is 6.03. The van der Waals surface area contributed by atoms with Crippen molar-refractivity contribution in [3.63, 3.8) is 0 Å². The van der Waals surface area contributed by atoms with Crippen LogP contribution in [0.5, 0.6) is 0 Å². The van der Waals surface area contributed by atoms with Gasteiger partial charge in [-0.05, 0) is 31.9 Å². The molecular weight excluding hydrogens is 286 g/mol. The lowest BCUT2D eigenvalue weighted by atomic mass is 9.99. The molecule has 2 aliphatic rings. The molecule has 2 aliphatic heterocycles. The lowest BCUT2D eigenvalue weighted by molar-refractivity contribution is -0.123. The van der Waals surface area contributed by atoms with E-state index >= 15 is 0 Å². The molecule has 2 saturated heterocycles. The van der Waals surface area contributed by atoms with Crippen LogP contribution < -0.4 is 10.7 Å². The Morgan fingerprint density at radius 2 is 2.00 bits per heavy atom. The first kappa shape index (κ1) is 13.1. The molecule has 0 aliphatic carbocycles. The lowest BCUT2D eigenvalue weighted by Crippen LogP contribution is -2.41. The molecule has 0 saturated carbocycles. The van der Waals surface area contributed by atoms with Crippen LogP contribution in [0.3, 0.4) is 0 Å². The van der Waals surface area contributed by atoms with Gasteiger partial charge in [-0.3, -0.25) is 9.36 Å². The van der Waals surface area contributed by atoms with E-state index in [1.807, 2.05) is 0 Å². The molecule has 1 aromatic carbocycles. The van der Waals surface area contributed by atoms with Gasteiger partial charge in [-0.1, -0.05) is 0 Å². The monoisotopic (exact) mass is 301 g/mol. The molecular formula is C15H15N3O4. The molecule has 0 spiro atoms. The van der Waals surface area contributed by atoms with Crippen LogP contribution in [0.1, 0.15) is 19.8 Å². The number of urea groups is 1. The van der Waals surface area contributed by atoms with Crippen molar-refractivity contribution in [3.05, 3.63) is 28.7 Å². The molecule has 4 rings (SSSR count). The van der Waals surface area contributed by atoms with Gasteiger partial charge in [0.1, 0.15) is 5.54 Å². The van der Waals surface area contributed by atoms with E-state index in [0.717, 1.165) is 6.42 Å². The van der Waals surface area contributed by atoms with E-state index in [0.29, 0.717) is 29.8 Å². The minimum atomic E-state index is -0.746. The molecule has 1 atom stereocenters. The Labute approximate surface area is 125 Å². The minimum Gasteiger partial charge on any atom is -0.408 e. The van der Waals surface area contributed by atoms with Crippen molar-refractivity contribution in [1.82, 2.24) is 9.47 Å². The lowest BCUT2D eigenvalue weighted by Gasteiger charge is -2.22. The van der Waals surface area contributed by atoms with Crippen molar-refractivity contribution in [1.29, 1.82) is 0 Å². The standard InChI is InChI=1S/C15H15N3O4/c1-15-6-3-7-17(15)13(20)18(12(15)19)9-4-5-10-11(8-9)22-14(21)16(10)2/h4-5,8H,3,6-7H2,1-2H3.